The molecular weight excluding hydrogens is 429 g/mol. The van der Waals surface area contributed by atoms with Crippen LogP contribution in [0.3, 0.4) is 0 Å². The molecule has 0 spiro atoms. The number of aromatic nitrogens is 1. The van der Waals surface area contributed by atoms with Gasteiger partial charge < -0.3 is 9.26 Å². The van der Waals surface area contributed by atoms with Gasteiger partial charge in [0.05, 0.1) is 6.61 Å². The fourth-order valence-electron chi connectivity index (χ4n) is 2.80. The zero-order valence-corrected chi connectivity index (χ0v) is 17.3. The van der Waals surface area contributed by atoms with Crippen molar-refractivity contribution < 1.29 is 30.8 Å². The molecule has 0 atom stereocenters. The lowest BCUT2D eigenvalue weighted by atomic mass is 10.1. The van der Waals surface area contributed by atoms with E-state index in [1.54, 1.807) is 26.0 Å². The Kier molecular flexibility index (Phi) is 5.63. The van der Waals surface area contributed by atoms with Crippen LogP contribution in [0, 0.1) is 13.8 Å². The Hall–Kier alpha value is -2.53. The number of alkyl halides is 3. The first-order valence-corrected chi connectivity index (χ1v) is 10.7. The molecule has 1 N–H and O–H groups in total. The smallest absolute Gasteiger partial charge is 0.452 e. The van der Waals surface area contributed by atoms with Gasteiger partial charge in [-0.05, 0) is 45.0 Å². The van der Waals surface area contributed by atoms with Crippen LogP contribution in [0.4, 0.5) is 18.9 Å². The number of ether oxygens (including phenoxy) is 1. The van der Waals surface area contributed by atoms with E-state index >= 15 is 0 Å². The minimum Gasteiger partial charge on any atom is -0.494 e. The van der Waals surface area contributed by atoms with Gasteiger partial charge >= 0.3 is 6.18 Å². The van der Waals surface area contributed by atoms with E-state index in [1.165, 1.54) is 12.1 Å². The second kappa shape index (κ2) is 7.71. The Labute approximate surface area is 169 Å². The maximum atomic E-state index is 13.0. The molecule has 0 fully saturated rings. The number of rotatable bonds is 6. The highest BCUT2D eigenvalue weighted by atomic mass is 32.2. The largest absolute Gasteiger partial charge is 0.494 e. The lowest BCUT2D eigenvalue weighted by Gasteiger charge is -2.11. The highest BCUT2D eigenvalue weighted by molar-refractivity contribution is 7.93. The van der Waals surface area contributed by atoms with Crippen LogP contribution in [0.5, 0.6) is 5.75 Å². The molecule has 2 heterocycles. The molecule has 0 saturated heterocycles. The van der Waals surface area contributed by atoms with E-state index in [0.29, 0.717) is 33.9 Å². The molecule has 0 aliphatic rings. The second-order valence-corrected chi connectivity index (χ2v) is 9.10. The molecule has 0 radical (unpaired) electrons. The summed E-state index contributed by atoms with van der Waals surface area (Å²) in [4.78, 5) is 0.806. The van der Waals surface area contributed by atoms with Crippen molar-refractivity contribution in [2.75, 3.05) is 11.3 Å². The van der Waals surface area contributed by atoms with Gasteiger partial charge in [0.15, 0.2) is 0 Å². The van der Waals surface area contributed by atoms with Gasteiger partial charge in [0.1, 0.15) is 16.3 Å². The van der Waals surface area contributed by atoms with Gasteiger partial charge in [0, 0.05) is 27.1 Å². The van der Waals surface area contributed by atoms with Crippen LogP contribution in [0.15, 0.2) is 39.8 Å². The summed E-state index contributed by atoms with van der Waals surface area (Å²) in [5.74, 6) is -0.709. The number of halogens is 3. The van der Waals surface area contributed by atoms with Crippen molar-refractivity contribution in [1.29, 1.82) is 0 Å². The zero-order chi connectivity index (χ0) is 21.4. The Morgan fingerprint density at radius 1 is 1.17 bits per heavy atom. The predicted molar refractivity (Wildman–Crippen MR) is 103 cm³/mol. The van der Waals surface area contributed by atoms with Crippen LogP contribution in [0.2, 0.25) is 0 Å². The average Bonchev–Trinajstić information content (AvgIpc) is 3.21. The quantitative estimate of drug-likeness (QED) is 0.560. The summed E-state index contributed by atoms with van der Waals surface area (Å²) >= 11 is 1.15. The number of thiophene rings is 1. The first-order valence-electron chi connectivity index (χ1n) is 8.43. The number of sulfonamides is 1. The van der Waals surface area contributed by atoms with Crippen LogP contribution >= 0.6 is 11.3 Å². The van der Waals surface area contributed by atoms with Gasteiger partial charge in [-0.2, -0.15) is 13.2 Å². The van der Waals surface area contributed by atoms with Crippen LogP contribution in [-0.4, -0.2) is 20.2 Å². The van der Waals surface area contributed by atoms with Crippen molar-refractivity contribution in [2.24, 2.45) is 0 Å². The molecule has 3 rings (SSSR count). The summed E-state index contributed by atoms with van der Waals surface area (Å²) in [5, 5.41) is 3.44. The van der Waals surface area contributed by atoms with Crippen molar-refractivity contribution in [2.45, 2.75) is 31.8 Å². The number of hydrogen-bond donors (Lipinski definition) is 1. The maximum absolute atomic E-state index is 13.0. The standard InChI is InChI=1S/C18H17F3N2O4S2/c1-4-26-13-7-5-12(6-8-13)23-29(24,25)17-11(3)28-10(2)16(17)14-9-15(27-22-14)18(19,20)21/h5-9,23H,4H2,1-3H3. The summed E-state index contributed by atoms with van der Waals surface area (Å²) in [7, 11) is -4.10. The molecular formula is C18H17F3N2O4S2. The molecule has 1 aromatic carbocycles. The molecule has 0 unspecified atom stereocenters. The molecule has 11 heteroatoms. The van der Waals surface area contributed by atoms with Crippen molar-refractivity contribution >= 4 is 27.0 Å². The van der Waals surface area contributed by atoms with Gasteiger partial charge in [0.2, 0.25) is 5.76 Å². The summed E-state index contributed by atoms with van der Waals surface area (Å²) in [6.07, 6.45) is -4.72. The summed E-state index contributed by atoms with van der Waals surface area (Å²) < 4.78 is 76.8. The summed E-state index contributed by atoms with van der Waals surface area (Å²) in [6.45, 7) is 5.50. The molecule has 0 aliphatic carbocycles. The monoisotopic (exact) mass is 446 g/mol. The SMILES string of the molecule is CCOc1ccc(NS(=O)(=O)c2c(C)sc(C)c2-c2cc(C(F)(F)F)on2)cc1. The molecule has 2 aromatic heterocycles. The molecule has 29 heavy (non-hydrogen) atoms. The fraction of sp³-hybridized carbons (Fsp3) is 0.278. The van der Waals surface area contributed by atoms with E-state index in [4.69, 9.17) is 4.74 Å². The van der Waals surface area contributed by atoms with Gasteiger partial charge in [0.25, 0.3) is 10.0 Å². The van der Waals surface area contributed by atoms with Crippen molar-refractivity contribution in [3.63, 3.8) is 0 Å². The third kappa shape index (κ3) is 4.40. The van der Waals surface area contributed by atoms with E-state index in [-0.39, 0.29) is 16.2 Å². The predicted octanol–water partition coefficient (Wildman–Crippen LogP) is 5.24. The van der Waals surface area contributed by atoms with E-state index in [1.807, 2.05) is 6.92 Å². The van der Waals surface area contributed by atoms with Gasteiger partial charge in [-0.15, -0.1) is 11.3 Å². The van der Waals surface area contributed by atoms with Crippen LogP contribution in [-0.2, 0) is 16.2 Å². The molecule has 3 aromatic rings. The van der Waals surface area contributed by atoms with Crippen molar-refractivity contribution in [3.8, 4) is 17.0 Å². The van der Waals surface area contributed by atoms with E-state index in [0.717, 1.165) is 11.3 Å². The second-order valence-electron chi connectivity index (χ2n) is 6.06. The first-order chi connectivity index (χ1) is 13.5. The fourth-order valence-corrected chi connectivity index (χ4v) is 5.74. The number of hydrogen-bond acceptors (Lipinski definition) is 6. The number of anilines is 1. The van der Waals surface area contributed by atoms with E-state index < -0.39 is 22.0 Å². The Morgan fingerprint density at radius 3 is 2.38 bits per heavy atom. The molecule has 0 amide bonds. The number of nitrogens with one attached hydrogen (secondary N) is 1. The Morgan fingerprint density at radius 2 is 1.83 bits per heavy atom. The Balaban J connectivity index is 2.01. The highest BCUT2D eigenvalue weighted by Crippen LogP contribution is 2.41. The minimum absolute atomic E-state index is 0.0881. The van der Waals surface area contributed by atoms with Crippen LogP contribution < -0.4 is 9.46 Å². The maximum Gasteiger partial charge on any atom is 0.452 e. The molecule has 6 nitrogen and oxygen atoms in total. The van der Waals surface area contributed by atoms with E-state index in [9.17, 15) is 21.6 Å². The molecule has 0 saturated carbocycles. The molecule has 0 bridgehead atoms. The summed E-state index contributed by atoms with van der Waals surface area (Å²) in [5.41, 5.74) is 0.190. The normalized spacial score (nSPS) is 12.2. The molecule has 0 aliphatic heterocycles. The van der Waals surface area contributed by atoms with Crippen LogP contribution in [0.25, 0.3) is 11.3 Å². The third-order valence-electron chi connectivity index (χ3n) is 3.94. The average molecular weight is 446 g/mol. The third-order valence-corrected chi connectivity index (χ3v) is 6.64. The summed E-state index contributed by atoms with van der Waals surface area (Å²) in [6, 6.07) is 7.00. The Bertz CT molecular complexity index is 1120. The molecule has 156 valence electrons. The lowest BCUT2D eigenvalue weighted by molar-refractivity contribution is -0.155. The number of aryl methyl sites for hydroxylation is 2. The highest BCUT2D eigenvalue weighted by Gasteiger charge is 2.37. The van der Waals surface area contributed by atoms with Gasteiger partial charge in [-0.1, -0.05) is 5.16 Å². The van der Waals surface area contributed by atoms with Crippen molar-refractivity contribution in [1.82, 2.24) is 5.16 Å². The van der Waals surface area contributed by atoms with Gasteiger partial charge in [-0.25, -0.2) is 8.42 Å². The first kappa shape index (κ1) is 21.2. The van der Waals surface area contributed by atoms with E-state index in [2.05, 4.69) is 14.4 Å². The number of nitrogens with zero attached hydrogens (tertiary/aromatic N) is 1. The van der Waals surface area contributed by atoms with Crippen molar-refractivity contribution in [3.05, 3.63) is 45.8 Å². The van der Waals surface area contributed by atoms with Gasteiger partial charge in [-0.3, -0.25) is 4.72 Å². The number of benzene rings is 1. The topological polar surface area (TPSA) is 81.4 Å². The zero-order valence-electron chi connectivity index (χ0n) is 15.6. The minimum atomic E-state index is -4.72. The van der Waals surface area contributed by atoms with Crippen LogP contribution in [0.1, 0.15) is 22.4 Å². The lowest BCUT2D eigenvalue weighted by Crippen LogP contribution is -2.14.